The Hall–Kier alpha value is -1.53. The normalized spacial score (nSPS) is 14.1. The Morgan fingerprint density at radius 1 is 1.40 bits per heavy atom. The predicted molar refractivity (Wildman–Crippen MR) is 60.7 cm³/mol. The number of aliphatic hydroxyl groups is 1. The van der Waals surface area contributed by atoms with Gasteiger partial charge in [0.2, 0.25) is 0 Å². The van der Waals surface area contributed by atoms with E-state index < -0.39 is 6.10 Å². The lowest BCUT2D eigenvalue weighted by molar-refractivity contribution is 0.178. The first-order valence-corrected chi connectivity index (χ1v) is 5.00. The lowest BCUT2D eigenvalue weighted by atomic mass is 10.1. The van der Waals surface area contributed by atoms with Gasteiger partial charge in [0.25, 0.3) is 0 Å². The van der Waals surface area contributed by atoms with Crippen LogP contribution in [0.3, 0.4) is 0 Å². The van der Waals surface area contributed by atoms with Crippen LogP contribution < -0.4 is 5.32 Å². The molecule has 0 aliphatic rings. The number of nitriles is 1. The predicted octanol–water partition coefficient (Wildman–Crippen LogP) is 2.05. The maximum absolute atomic E-state index is 9.34. The number of nitrogens with one attached hydrogen (secondary N) is 1. The van der Waals surface area contributed by atoms with Gasteiger partial charge in [0.05, 0.1) is 17.7 Å². The van der Waals surface area contributed by atoms with E-state index in [1.807, 2.05) is 26.0 Å². The summed E-state index contributed by atoms with van der Waals surface area (Å²) in [4.78, 5) is 0. The van der Waals surface area contributed by atoms with E-state index in [2.05, 4.69) is 11.4 Å². The number of aliphatic hydroxyl groups excluding tert-OH is 1. The molecule has 0 amide bonds. The molecule has 1 rings (SSSR count). The van der Waals surface area contributed by atoms with Gasteiger partial charge in [-0.25, -0.2) is 0 Å². The molecule has 0 heterocycles. The van der Waals surface area contributed by atoms with Crippen LogP contribution in [0.4, 0.5) is 5.69 Å². The second-order valence-electron chi connectivity index (χ2n) is 3.82. The molecular formula is C12H16N2O. The van der Waals surface area contributed by atoms with Crippen molar-refractivity contribution in [1.82, 2.24) is 0 Å². The third-order valence-corrected chi connectivity index (χ3v) is 2.46. The molecule has 0 fully saturated rings. The minimum Gasteiger partial charge on any atom is -0.391 e. The zero-order valence-corrected chi connectivity index (χ0v) is 9.28. The topological polar surface area (TPSA) is 56.0 Å². The zero-order chi connectivity index (χ0) is 11.4. The van der Waals surface area contributed by atoms with Gasteiger partial charge in [0.1, 0.15) is 0 Å². The van der Waals surface area contributed by atoms with Crippen molar-refractivity contribution in [3.63, 3.8) is 0 Å². The molecule has 2 N–H and O–H groups in total. The van der Waals surface area contributed by atoms with Crippen LogP contribution in [0.25, 0.3) is 0 Å². The second-order valence-corrected chi connectivity index (χ2v) is 3.82. The number of anilines is 1. The average molecular weight is 204 g/mol. The number of rotatable bonds is 3. The SMILES string of the molecule is Cc1cc(N[C@@H](C)[C@H](C)O)ccc1C#N. The molecule has 0 aliphatic heterocycles. The number of hydrogen-bond donors (Lipinski definition) is 2. The van der Waals surface area contributed by atoms with Gasteiger partial charge in [-0.05, 0) is 44.5 Å². The molecule has 3 nitrogen and oxygen atoms in total. The van der Waals surface area contributed by atoms with Crippen LogP contribution in [0.1, 0.15) is 25.0 Å². The lowest BCUT2D eigenvalue weighted by Crippen LogP contribution is -2.27. The summed E-state index contributed by atoms with van der Waals surface area (Å²) >= 11 is 0. The van der Waals surface area contributed by atoms with Gasteiger partial charge in [-0.2, -0.15) is 5.26 Å². The van der Waals surface area contributed by atoms with Gasteiger partial charge in [0.15, 0.2) is 0 Å². The third-order valence-electron chi connectivity index (χ3n) is 2.46. The van der Waals surface area contributed by atoms with Gasteiger partial charge < -0.3 is 10.4 Å². The molecule has 1 aromatic rings. The molecule has 2 atom stereocenters. The molecule has 1 aromatic carbocycles. The fraction of sp³-hybridized carbons (Fsp3) is 0.417. The summed E-state index contributed by atoms with van der Waals surface area (Å²) in [6.45, 7) is 5.56. The lowest BCUT2D eigenvalue weighted by Gasteiger charge is -2.18. The highest BCUT2D eigenvalue weighted by atomic mass is 16.3. The molecule has 80 valence electrons. The molecule has 0 spiro atoms. The molecule has 0 radical (unpaired) electrons. The van der Waals surface area contributed by atoms with Crippen LogP contribution in [-0.2, 0) is 0 Å². The van der Waals surface area contributed by atoms with Gasteiger partial charge in [-0.3, -0.25) is 0 Å². The van der Waals surface area contributed by atoms with Crippen LogP contribution in [0.15, 0.2) is 18.2 Å². The Kier molecular flexibility index (Phi) is 3.70. The molecule has 0 aromatic heterocycles. The molecule has 0 saturated heterocycles. The quantitative estimate of drug-likeness (QED) is 0.792. The van der Waals surface area contributed by atoms with Gasteiger partial charge in [-0.15, -0.1) is 0 Å². The monoisotopic (exact) mass is 204 g/mol. The molecule has 0 saturated carbocycles. The number of aryl methyl sites for hydroxylation is 1. The summed E-state index contributed by atoms with van der Waals surface area (Å²) in [6, 6.07) is 7.67. The first-order chi connectivity index (χ1) is 7.04. The number of hydrogen-bond acceptors (Lipinski definition) is 3. The molecular weight excluding hydrogens is 188 g/mol. The van der Waals surface area contributed by atoms with Gasteiger partial charge in [0, 0.05) is 11.7 Å². The maximum atomic E-state index is 9.34. The van der Waals surface area contributed by atoms with Crippen LogP contribution in [-0.4, -0.2) is 17.3 Å². The van der Waals surface area contributed by atoms with Gasteiger partial charge in [-0.1, -0.05) is 0 Å². The van der Waals surface area contributed by atoms with Crippen LogP contribution in [0, 0.1) is 18.3 Å². The Morgan fingerprint density at radius 2 is 2.07 bits per heavy atom. The van der Waals surface area contributed by atoms with E-state index in [0.717, 1.165) is 11.3 Å². The number of benzene rings is 1. The average Bonchev–Trinajstić information content (AvgIpc) is 2.18. The minimum atomic E-state index is -0.402. The van der Waals surface area contributed by atoms with E-state index in [9.17, 15) is 5.11 Å². The zero-order valence-electron chi connectivity index (χ0n) is 9.28. The summed E-state index contributed by atoms with van der Waals surface area (Å²) in [5, 5.41) is 21.3. The first kappa shape index (κ1) is 11.5. The smallest absolute Gasteiger partial charge is 0.0994 e. The van der Waals surface area contributed by atoms with Crippen molar-refractivity contribution in [3.05, 3.63) is 29.3 Å². The van der Waals surface area contributed by atoms with Crippen LogP contribution in [0.2, 0.25) is 0 Å². The van der Waals surface area contributed by atoms with Crippen LogP contribution >= 0.6 is 0 Å². The van der Waals surface area contributed by atoms with E-state index in [0.29, 0.717) is 5.56 Å². The maximum Gasteiger partial charge on any atom is 0.0994 e. The van der Waals surface area contributed by atoms with E-state index in [4.69, 9.17) is 5.26 Å². The Labute approximate surface area is 90.4 Å². The Balaban J connectivity index is 2.81. The minimum absolute atomic E-state index is 0.00247. The third kappa shape index (κ3) is 2.97. The van der Waals surface area contributed by atoms with Crippen molar-refractivity contribution in [2.75, 3.05) is 5.32 Å². The van der Waals surface area contributed by atoms with Crippen LogP contribution in [0.5, 0.6) is 0 Å². The van der Waals surface area contributed by atoms with Crippen molar-refractivity contribution >= 4 is 5.69 Å². The molecule has 0 aliphatic carbocycles. The Bertz CT molecular complexity index is 380. The number of nitrogens with zero attached hydrogens (tertiary/aromatic N) is 1. The molecule has 15 heavy (non-hydrogen) atoms. The second kappa shape index (κ2) is 4.81. The standard InChI is InChI=1S/C12H16N2O/c1-8-6-12(5-4-11(8)7-13)14-9(2)10(3)15/h4-6,9-10,14-15H,1-3H3/t9-,10-/m0/s1. The van der Waals surface area contributed by atoms with Crippen molar-refractivity contribution in [3.8, 4) is 6.07 Å². The highest BCUT2D eigenvalue weighted by molar-refractivity contribution is 5.52. The summed E-state index contributed by atoms with van der Waals surface area (Å²) in [6.07, 6.45) is -0.402. The summed E-state index contributed by atoms with van der Waals surface area (Å²) < 4.78 is 0. The molecule has 0 bridgehead atoms. The summed E-state index contributed by atoms with van der Waals surface area (Å²) in [5.74, 6) is 0. The van der Waals surface area contributed by atoms with Crippen molar-refractivity contribution < 1.29 is 5.11 Å². The Morgan fingerprint density at radius 3 is 2.53 bits per heavy atom. The summed E-state index contributed by atoms with van der Waals surface area (Å²) in [5.41, 5.74) is 2.56. The highest BCUT2D eigenvalue weighted by Crippen LogP contribution is 2.15. The van der Waals surface area contributed by atoms with Crippen molar-refractivity contribution in [2.24, 2.45) is 0 Å². The van der Waals surface area contributed by atoms with Gasteiger partial charge >= 0.3 is 0 Å². The van der Waals surface area contributed by atoms with E-state index in [1.54, 1.807) is 13.0 Å². The van der Waals surface area contributed by atoms with E-state index in [-0.39, 0.29) is 6.04 Å². The van der Waals surface area contributed by atoms with Crippen molar-refractivity contribution in [1.29, 1.82) is 5.26 Å². The fourth-order valence-electron chi connectivity index (χ4n) is 1.26. The van der Waals surface area contributed by atoms with E-state index >= 15 is 0 Å². The highest BCUT2D eigenvalue weighted by Gasteiger charge is 2.08. The molecule has 3 heteroatoms. The molecule has 0 unspecified atom stereocenters. The van der Waals surface area contributed by atoms with E-state index in [1.165, 1.54) is 0 Å². The largest absolute Gasteiger partial charge is 0.391 e. The van der Waals surface area contributed by atoms with Crippen molar-refractivity contribution in [2.45, 2.75) is 32.9 Å². The fourth-order valence-corrected chi connectivity index (χ4v) is 1.26. The first-order valence-electron chi connectivity index (χ1n) is 5.00. The summed E-state index contributed by atoms with van der Waals surface area (Å²) in [7, 11) is 0.